The number of phenols is 1. The van der Waals surface area contributed by atoms with Crippen molar-refractivity contribution in [2.75, 3.05) is 6.54 Å². The number of nitrogens with zero attached hydrogens (tertiary/aromatic N) is 1. The summed E-state index contributed by atoms with van der Waals surface area (Å²) in [7, 11) is 0. The van der Waals surface area contributed by atoms with Crippen LogP contribution in [-0.4, -0.2) is 40.9 Å². The number of aliphatic carboxylic acids is 1. The fourth-order valence-electron chi connectivity index (χ4n) is 1.52. The third-order valence-electron chi connectivity index (χ3n) is 2.55. The summed E-state index contributed by atoms with van der Waals surface area (Å²) in [6.45, 7) is 0.438. The van der Waals surface area contributed by atoms with Gasteiger partial charge in [-0.2, -0.15) is 0 Å². The summed E-state index contributed by atoms with van der Waals surface area (Å²) in [6.07, 6.45) is 2.37. The van der Waals surface area contributed by atoms with Crippen LogP contribution < -0.4 is 11.1 Å². The molecule has 1 aromatic rings. The van der Waals surface area contributed by atoms with Crippen molar-refractivity contribution in [1.29, 1.82) is 5.41 Å². The summed E-state index contributed by atoms with van der Waals surface area (Å²) in [5.74, 6) is -0.987. The van der Waals surface area contributed by atoms with E-state index in [1.54, 1.807) is 12.1 Å². The number of carboxylic acids is 1. The smallest absolute Gasteiger partial charge is 0.328 e. The van der Waals surface area contributed by atoms with Crippen molar-refractivity contribution in [2.24, 2.45) is 10.7 Å². The van der Waals surface area contributed by atoms with Crippen LogP contribution in [0, 0.1) is 5.41 Å². The highest BCUT2D eigenvalue weighted by atomic mass is 16.4. The number of rotatable bonds is 7. The lowest BCUT2D eigenvalue weighted by Crippen LogP contribution is -2.31. The first kappa shape index (κ1) is 15.5. The van der Waals surface area contributed by atoms with E-state index in [1.165, 1.54) is 18.3 Å². The molecule has 1 atom stereocenters. The predicted octanol–water partition coefficient (Wildman–Crippen LogP) is 0.528. The molecule has 0 aliphatic heterocycles. The maximum Gasteiger partial charge on any atom is 0.328 e. The molecule has 6 N–H and O–H groups in total. The maximum atomic E-state index is 11.1. The molecule has 1 unspecified atom stereocenters. The van der Waals surface area contributed by atoms with Crippen LogP contribution in [0.4, 0.5) is 0 Å². The molecule has 0 aromatic heterocycles. The quantitative estimate of drug-likeness (QED) is 0.282. The van der Waals surface area contributed by atoms with Crippen LogP contribution in [0.1, 0.15) is 18.4 Å². The monoisotopic (exact) mass is 278 g/mol. The molecule has 0 radical (unpaired) electrons. The number of hydrogen-bond acceptors (Lipinski definition) is 4. The highest BCUT2D eigenvalue weighted by molar-refractivity contribution is 5.83. The number of benzene rings is 1. The molecule has 20 heavy (non-hydrogen) atoms. The summed E-state index contributed by atoms with van der Waals surface area (Å²) in [5, 5.41) is 27.8. The first-order valence-corrected chi connectivity index (χ1v) is 6.12. The average Bonchev–Trinajstić information content (AvgIpc) is 2.39. The molecule has 0 aliphatic carbocycles. The topological polar surface area (TPSA) is 132 Å². The summed E-state index contributed by atoms with van der Waals surface area (Å²) in [4.78, 5) is 15.1. The third-order valence-corrected chi connectivity index (χ3v) is 2.55. The van der Waals surface area contributed by atoms with Gasteiger partial charge in [-0.3, -0.25) is 10.4 Å². The SMILES string of the molecule is N=C(N)NCCCC(N=Cc1ccc(O)cc1)C(=O)O. The number of phenolic OH excluding ortho intramolecular Hbond substituents is 1. The lowest BCUT2D eigenvalue weighted by atomic mass is 10.1. The van der Waals surface area contributed by atoms with E-state index in [9.17, 15) is 4.79 Å². The molecule has 1 rings (SSSR count). The van der Waals surface area contributed by atoms with Crippen LogP contribution >= 0.6 is 0 Å². The van der Waals surface area contributed by atoms with Crippen LogP contribution in [-0.2, 0) is 4.79 Å². The molecule has 0 heterocycles. The van der Waals surface area contributed by atoms with Crippen LogP contribution in [0.25, 0.3) is 0 Å². The first-order chi connectivity index (χ1) is 9.49. The van der Waals surface area contributed by atoms with E-state index >= 15 is 0 Å². The van der Waals surface area contributed by atoms with E-state index in [4.69, 9.17) is 21.4 Å². The Balaban J connectivity index is 2.51. The van der Waals surface area contributed by atoms with Gasteiger partial charge in [-0.05, 0) is 42.7 Å². The van der Waals surface area contributed by atoms with Gasteiger partial charge >= 0.3 is 5.97 Å². The zero-order chi connectivity index (χ0) is 15.0. The highest BCUT2D eigenvalue weighted by Gasteiger charge is 2.14. The van der Waals surface area contributed by atoms with Gasteiger partial charge in [0.05, 0.1) is 0 Å². The Morgan fingerprint density at radius 2 is 2.10 bits per heavy atom. The number of nitrogens with two attached hydrogens (primary N) is 1. The fraction of sp³-hybridized carbons (Fsp3) is 0.308. The number of guanidine groups is 1. The second-order valence-corrected chi connectivity index (χ2v) is 4.21. The van der Waals surface area contributed by atoms with Gasteiger partial charge in [-0.25, -0.2) is 4.79 Å². The standard InChI is InChI=1S/C13H18N4O3/c14-13(15)16-7-1-2-11(12(19)20)17-8-9-3-5-10(18)6-4-9/h3-6,8,11,18H,1-2,7H2,(H,19,20)(H4,14,15,16). The predicted molar refractivity (Wildman–Crippen MR) is 76.3 cm³/mol. The lowest BCUT2D eigenvalue weighted by Gasteiger charge is -2.08. The average molecular weight is 278 g/mol. The lowest BCUT2D eigenvalue weighted by molar-refractivity contribution is -0.138. The van der Waals surface area contributed by atoms with E-state index in [2.05, 4.69) is 10.3 Å². The molecule has 0 bridgehead atoms. The van der Waals surface area contributed by atoms with Crippen LogP contribution in [0.5, 0.6) is 5.75 Å². The van der Waals surface area contributed by atoms with Gasteiger partial charge in [0, 0.05) is 12.8 Å². The van der Waals surface area contributed by atoms with Crippen LogP contribution in [0.15, 0.2) is 29.3 Å². The molecule has 0 fully saturated rings. The van der Waals surface area contributed by atoms with Crippen molar-refractivity contribution in [3.63, 3.8) is 0 Å². The van der Waals surface area contributed by atoms with E-state index in [-0.39, 0.29) is 11.7 Å². The summed E-state index contributed by atoms with van der Waals surface area (Å²) >= 11 is 0. The van der Waals surface area contributed by atoms with E-state index < -0.39 is 12.0 Å². The summed E-state index contributed by atoms with van der Waals surface area (Å²) in [5.41, 5.74) is 5.84. The van der Waals surface area contributed by atoms with Gasteiger partial charge in [-0.15, -0.1) is 0 Å². The molecule has 7 nitrogen and oxygen atoms in total. The Hall–Kier alpha value is -2.57. The summed E-state index contributed by atoms with van der Waals surface area (Å²) < 4.78 is 0. The summed E-state index contributed by atoms with van der Waals surface area (Å²) in [6, 6.07) is 5.48. The number of aromatic hydroxyl groups is 1. The van der Waals surface area contributed by atoms with Crippen LogP contribution in [0.2, 0.25) is 0 Å². The minimum atomic E-state index is -0.997. The van der Waals surface area contributed by atoms with Gasteiger partial charge in [0.15, 0.2) is 5.96 Å². The fourth-order valence-corrected chi connectivity index (χ4v) is 1.52. The van der Waals surface area contributed by atoms with Crippen molar-refractivity contribution < 1.29 is 15.0 Å². The zero-order valence-electron chi connectivity index (χ0n) is 10.9. The highest BCUT2D eigenvalue weighted by Crippen LogP contribution is 2.09. The Bertz CT molecular complexity index is 485. The molecule has 108 valence electrons. The Morgan fingerprint density at radius 3 is 2.65 bits per heavy atom. The minimum absolute atomic E-state index is 0.135. The number of aliphatic imine (C=N–C) groups is 1. The van der Waals surface area contributed by atoms with Crippen molar-refractivity contribution in [3.05, 3.63) is 29.8 Å². The molecule has 0 saturated carbocycles. The van der Waals surface area contributed by atoms with Crippen molar-refractivity contribution in [3.8, 4) is 5.75 Å². The van der Waals surface area contributed by atoms with Gasteiger partial charge < -0.3 is 21.3 Å². The molecule has 1 aromatic carbocycles. The molecule has 0 saturated heterocycles. The second-order valence-electron chi connectivity index (χ2n) is 4.21. The number of carboxylic acid groups (broad SMARTS) is 1. The van der Waals surface area contributed by atoms with E-state index in [0.717, 1.165) is 5.56 Å². The molecule has 0 amide bonds. The Labute approximate surface area is 116 Å². The molecule has 0 aliphatic rings. The molecular formula is C13H18N4O3. The normalized spacial score (nSPS) is 12.2. The van der Waals surface area contributed by atoms with Gasteiger partial charge in [-0.1, -0.05) is 0 Å². The molecular weight excluding hydrogens is 260 g/mol. The van der Waals surface area contributed by atoms with Gasteiger partial charge in [0.1, 0.15) is 11.8 Å². The van der Waals surface area contributed by atoms with Gasteiger partial charge in [0.2, 0.25) is 0 Å². The maximum absolute atomic E-state index is 11.1. The zero-order valence-corrected chi connectivity index (χ0v) is 10.9. The van der Waals surface area contributed by atoms with Crippen molar-refractivity contribution in [2.45, 2.75) is 18.9 Å². The number of nitrogens with one attached hydrogen (secondary N) is 2. The van der Waals surface area contributed by atoms with E-state index in [0.29, 0.717) is 19.4 Å². The first-order valence-electron chi connectivity index (χ1n) is 6.12. The Morgan fingerprint density at radius 1 is 1.45 bits per heavy atom. The van der Waals surface area contributed by atoms with Crippen molar-refractivity contribution in [1.82, 2.24) is 5.32 Å². The largest absolute Gasteiger partial charge is 0.508 e. The molecule has 0 spiro atoms. The van der Waals surface area contributed by atoms with Crippen molar-refractivity contribution >= 4 is 18.1 Å². The number of hydrogen-bond donors (Lipinski definition) is 5. The molecule has 7 heteroatoms. The Kier molecular flexibility index (Phi) is 6.02. The van der Waals surface area contributed by atoms with Gasteiger partial charge in [0.25, 0.3) is 0 Å². The second kappa shape index (κ2) is 7.78. The number of carbonyl (C=O) groups is 1. The van der Waals surface area contributed by atoms with Crippen LogP contribution in [0.3, 0.4) is 0 Å². The van der Waals surface area contributed by atoms with E-state index in [1.807, 2.05) is 0 Å². The third kappa shape index (κ3) is 5.85. The minimum Gasteiger partial charge on any atom is -0.508 e.